The van der Waals surface area contributed by atoms with Gasteiger partial charge in [0.1, 0.15) is 0 Å². The van der Waals surface area contributed by atoms with Crippen molar-refractivity contribution in [1.29, 1.82) is 0 Å². The normalized spacial score (nSPS) is 11.0. The van der Waals surface area contributed by atoms with Gasteiger partial charge in [0.15, 0.2) is 14.7 Å². The van der Waals surface area contributed by atoms with Gasteiger partial charge < -0.3 is 0 Å². The zero-order valence-corrected chi connectivity index (χ0v) is 19.1. The molecule has 4 aromatic rings. The Morgan fingerprint density at radius 2 is 1.00 bits per heavy atom. The molecular weight excluding hydrogens is 424 g/mol. The van der Waals surface area contributed by atoms with Crippen LogP contribution in [0.3, 0.4) is 0 Å². The average molecular weight is 450 g/mol. The molecule has 0 radical (unpaired) electrons. The molecule has 0 spiro atoms. The summed E-state index contributed by atoms with van der Waals surface area (Å²) in [5.41, 5.74) is 1.37. The first-order chi connectivity index (χ1) is 14.9. The third-order valence-electron chi connectivity index (χ3n) is 4.56. The molecule has 0 aliphatic rings. The van der Waals surface area contributed by atoms with Crippen molar-refractivity contribution in [2.24, 2.45) is 0 Å². The maximum absolute atomic E-state index is 10.8. The molecule has 0 amide bonds. The van der Waals surface area contributed by atoms with Crippen LogP contribution in [0.2, 0.25) is 0 Å². The van der Waals surface area contributed by atoms with E-state index in [2.05, 4.69) is 91.0 Å². The quantitative estimate of drug-likeness (QED) is 0.292. The molecule has 4 rings (SSSR count). The first-order valence-electron chi connectivity index (χ1n) is 9.80. The van der Waals surface area contributed by atoms with E-state index in [1.54, 1.807) is 26.0 Å². The van der Waals surface area contributed by atoms with Crippen LogP contribution in [0.5, 0.6) is 0 Å². The average Bonchev–Trinajstić information content (AvgIpc) is 2.78. The maximum atomic E-state index is 10.8. The Bertz CT molecular complexity index is 1110. The van der Waals surface area contributed by atoms with E-state index < -0.39 is 10.1 Å². The summed E-state index contributed by atoms with van der Waals surface area (Å²) in [7, 11) is -4.07. The Labute approximate surface area is 187 Å². The summed E-state index contributed by atoms with van der Waals surface area (Å²) in [5, 5.41) is 0. The van der Waals surface area contributed by atoms with Crippen molar-refractivity contribution in [3.8, 4) is 0 Å². The van der Waals surface area contributed by atoms with Crippen LogP contribution in [0.4, 0.5) is 0 Å². The molecule has 31 heavy (non-hydrogen) atoms. The second-order valence-electron chi connectivity index (χ2n) is 6.99. The Hall–Kier alpha value is -2.86. The third-order valence-corrected chi connectivity index (χ3v) is 7.78. The van der Waals surface area contributed by atoms with Gasteiger partial charge in [0.2, 0.25) is 0 Å². The predicted molar refractivity (Wildman–Crippen MR) is 127 cm³/mol. The molecule has 0 saturated heterocycles. The molecule has 0 fully saturated rings. The molecule has 4 aromatic carbocycles. The van der Waals surface area contributed by atoms with Crippen molar-refractivity contribution >= 4 is 21.0 Å². The molecule has 158 valence electrons. The van der Waals surface area contributed by atoms with E-state index in [0.29, 0.717) is 5.56 Å². The summed E-state index contributed by atoms with van der Waals surface area (Å²) in [5.74, 6) is 0. The topological polar surface area (TPSA) is 54.4 Å². The minimum atomic E-state index is -4.06. The largest absolute Gasteiger partial charge is 0.294 e. The Balaban J connectivity index is 0.000000196. The number of hydrogen-bond acceptors (Lipinski definition) is 2. The summed E-state index contributed by atoms with van der Waals surface area (Å²) in [6, 6.07) is 37.1. The Kier molecular flexibility index (Phi) is 7.69. The van der Waals surface area contributed by atoms with Gasteiger partial charge in [-0.1, -0.05) is 66.7 Å². The fourth-order valence-corrected chi connectivity index (χ4v) is 5.98. The van der Waals surface area contributed by atoms with Crippen molar-refractivity contribution in [1.82, 2.24) is 0 Å². The number of hydrogen-bond donors (Lipinski definition) is 1. The smallest absolute Gasteiger partial charge is 0.282 e. The van der Waals surface area contributed by atoms with E-state index >= 15 is 0 Å². The van der Waals surface area contributed by atoms with Gasteiger partial charge in [0.25, 0.3) is 10.1 Å². The first-order valence-corrected chi connectivity index (χ1v) is 12.5. The maximum Gasteiger partial charge on any atom is 0.294 e. The van der Waals surface area contributed by atoms with Crippen LogP contribution in [0, 0.1) is 13.8 Å². The second kappa shape index (κ2) is 10.4. The van der Waals surface area contributed by atoms with Crippen molar-refractivity contribution in [3.05, 3.63) is 120 Å². The van der Waals surface area contributed by atoms with Crippen molar-refractivity contribution in [2.75, 3.05) is 0 Å². The van der Waals surface area contributed by atoms with Crippen LogP contribution in [0.15, 0.2) is 129 Å². The fourth-order valence-electron chi connectivity index (χ4n) is 3.06. The molecule has 5 heteroatoms. The number of benzene rings is 4. The van der Waals surface area contributed by atoms with Gasteiger partial charge in [-0.2, -0.15) is 8.42 Å². The van der Waals surface area contributed by atoms with Gasteiger partial charge in [0, 0.05) is 0 Å². The van der Waals surface area contributed by atoms with Gasteiger partial charge in [-0.05, 0) is 67.4 Å². The molecule has 0 atom stereocenters. The Morgan fingerprint density at radius 3 is 1.32 bits per heavy atom. The second-order valence-corrected chi connectivity index (χ2v) is 10.4. The highest BCUT2D eigenvalue weighted by molar-refractivity contribution is 7.97. The van der Waals surface area contributed by atoms with E-state index in [9.17, 15) is 8.42 Å². The molecule has 1 N–H and O–H groups in total. The van der Waals surface area contributed by atoms with Crippen LogP contribution in [-0.2, 0) is 21.0 Å². The van der Waals surface area contributed by atoms with E-state index in [1.807, 2.05) is 0 Å². The summed E-state index contributed by atoms with van der Waals surface area (Å²) < 4.78 is 30.3. The zero-order valence-electron chi connectivity index (χ0n) is 17.5. The highest BCUT2D eigenvalue weighted by Gasteiger charge is 2.27. The standard InChI is InChI=1S/C18H15S.C8H10O3S/c1-4-10-16(11-5-1)19(17-12-6-2-7-13-17)18-14-8-3-9-15-18;1-6-3-4-7(2)8(5-6)12(9,10)11/h1-15H;3-5H,1-2H3,(H,9,10,11)/q+1;. The van der Waals surface area contributed by atoms with Crippen LogP contribution < -0.4 is 0 Å². The monoisotopic (exact) mass is 449 g/mol. The number of aryl methyl sites for hydroxylation is 2. The lowest BCUT2D eigenvalue weighted by molar-refractivity contribution is 0.482. The van der Waals surface area contributed by atoms with Gasteiger partial charge >= 0.3 is 0 Å². The van der Waals surface area contributed by atoms with Crippen LogP contribution in [-0.4, -0.2) is 13.0 Å². The molecule has 0 aliphatic heterocycles. The SMILES string of the molecule is Cc1ccc(C)c(S(=O)(=O)O)c1.c1ccc([S+](c2ccccc2)c2ccccc2)cc1. The van der Waals surface area contributed by atoms with E-state index in [4.69, 9.17) is 4.55 Å². The van der Waals surface area contributed by atoms with E-state index in [1.165, 1.54) is 20.8 Å². The molecule has 0 bridgehead atoms. The van der Waals surface area contributed by atoms with Gasteiger partial charge in [0.05, 0.1) is 15.8 Å². The highest BCUT2D eigenvalue weighted by atomic mass is 32.2. The Morgan fingerprint density at radius 1 is 0.613 bits per heavy atom. The highest BCUT2D eigenvalue weighted by Crippen LogP contribution is 2.30. The van der Waals surface area contributed by atoms with Crippen molar-refractivity contribution in [3.63, 3.8) is 0 Å². The van der Waals surface area contributed by atoms with Crippen molar-refractivity contribution in [2.45, 2.75) is 33.4 Å². The van der Waals surface area contributed by atoms with Gasteiger partial charge in [-0.3, -0.25) is 4.55 Å². The van der Waals surface area contributed by atoms with Crippen molar-refractivity contribution < 1.29 is 13.0 Å². The summed E-state index contributed by atoms with van der Waals surface area (Å²) in [4.78, 5) is 4.07. The molecule has 0 unspecified atom stereocenters. The lowest BCUT2D eigenvalue weighted by atomic mass is 10.2. The summed E-state index contributed by atoms with van der Waals surface area (Å²) in [6.07, 6.45) is 0. The summed E-state index contributed by atoms with van der Waals surface area (Å²) in [6.45, 7) is 3.41. The summed E-state index contributed by atoms with van der Waals surface area (Å²) >= 11 is 0. The molecule has 0 aliphatic carbocycles. The molecule has 0 heterocycles. The third kappa shape index (κ3) is 6.31. The van der Waals surface area contributed by atoms with E-state index in [-0.39, 0.29) is 15.8 Å². The van der Waals surface area contributed by atoms with Gasteiger partial charge in [-0.25, -0.2) is 0 Å². The van der Waals surface area contributed by atoms with Crippen LogP contribution >= 0.6 is 0 Å². The van der Waals surface area contributed by atoms with Crippen LogP contribution in [0.25, 0.3) is 0 Å². The first kappa shape index (κ1) is 22.8. The minimum absolute atomic E-state index is 0.0116. The molecular formula is C26H25O3S2+. The molecule has 0 saturated carbocycles. The van der Waals surface area contributed by atoms with Crippen LogP contribution in [0.1, 0.15) is 11.1 Å². The number of rotatable bonds is 4. The van der Waals surface area contributed by atoms with E-state index in [0.717, 1.165) is 5.56 Å². The molecule has 0 aromatic heterocycles. The van der Waals surface area contributed by atoms with Gasteiger partial charge in [-0.15, -0.1) is 0 Å². The minimum Gasteiger partial charge on any atom is -0.282 e. The zero-order chi connectivity index (χ0) is 22.3. The predicted octanol–water partition coefficient (Wildman–Crippen LogP) is 6.33. The lowest BCUT2D eigenvalue weighted by Crippen LogP contribution is -2.04. The fraction of sp³-hybridized carbons (Fsp3) is 0.0769. The lowest BCUT2D eigenvalue weighted by Gasteiger charge is -2.07. The molecule has 3 nitrogen and oxygen atoms in total.